The van der Waals surface area contributed by atoms with Crippen LogP contribution in [0.1, 0.15) is 14.9 Å². The lowest BCUT2D eigenvalue weighted by atomic mass is 12.0. The molecule has 0 amide bonds. The molecule has 0 fully saturated rings. The zero-order valence-electron chi connectivity index (χ0n) is 2.12. The van der Waals surface area contributed by atoms with Crippen molar-refractivity contribution in [3.63, 3.8) is 0 Å². The Morgan fingerprint density at radius 3 is 1.00 bits per heavy atom. The minimum Gasteiger partial charge on any atom is -0.264 e. The number of hydrogen-bond acceptors (Lipinski definition) is 2. The van der Waals surface area contributed by atoms with Gasteiger partial charge in [0.25, 0.3) is 0 Å². The molecule has 0 aliphatic carbocycles. The van der Waals surface area contributed by atoms with Crippen LogP contribution >= 0.6 is 0 Å². The van der Waals surface area contributed by atoms with Crippen LogP contribution in [-0.2, 0) is 10.4 Å². The average Bonchev–Trinajstić information content (AvgIpc) is 0.722. The van der Waals surface area contributed by atoms with Gasteiger partial charge in [0.2, 0.25) is 0 Å². The summed E-state index contributed by atoms with van der Waals surface area (Å²) in [5.41, 5.74) is 0. The van der Waals surface area contributed by atoms with Crippen molar-refractivity contribution < 1.29 is 17.5 Å². The summed E-state index contributed by atoms with van der Waals surface area (Å²) in [5.74, 6) is 0. The van der Waals surface area contributed by atoms with Gasteiger partial charge in [-0.2, -0.15) is 8.42 Å². The van der Waals surface area contributed by atoms with Crippen LogP contribution in [0.2, 0.25) is 0 Å². The van der Waals surface area contributed by atoms with Gasteiger partial charge in [-0.3, -0.25) is 9.11 Å². The SMILES string of the molecule is C.C.O=S(=O)(O)O. The predicted octanol–water partition coefficient (Wildman–Crippen LogP) is 0.619. The van der Waals surface area contributed by atoms with Crippen molar-refractivity contribution in [1.29, 1.82) is 0 Å². The summed E-state index contributed by atoms with van der Waals surface area (Å²) in [6, 6.07) is 0. The van der Waals surface area contributed by atoms with Gasteiger partial charge in [0.1, 0.15) is 0 Å². The minimum absolute atomic E-state index is 0. The van der Waals surface area contributed by atoms with Gasteiger partial charge >= 0.3 is 10.4 Å². The van der Waals surface area contributed by atoms with E-state index in [-0.39, 0.29) is 14.9 Å². The topological polar surface area (TPSA) is 74.6 Å². The van der Waals surface area contributed by atoms with Crippen molar-refractivity contribution in [2.45, 2.75) is 14.9 Å². The van der Waals surface area contributed by atoms with Crippen LogP contribution in [0, 0.1) is 0 Å². The van der Waals surface area contributed by atoms with Gasteiger partial charge in [-0.25, -0.2) is 0 Å². The lowest BCUT2D eigenvalue weighted by Crippen LogP contribution is -1.89. The van der Waals surface area contributed by atoms with Gasteiger partial charge < -0.3 is 0 Å². The van der Waals surface area contributed by atoms with Crippen LogP contribution in [0.5, 0.6) is 0 Å². The van der Waals surface area contributed by atoms with Crippen LogP contribution in [0.15, 0.2) is 0 Å². The third-order valence-electron chi connectivity index (χ3n) is 0. The summed E-state index contributed by atoms with van der Waals surface area (Å²) < 4.78 is 31.6. The van der Waals surface area contributed by atoms with Gasteiger partial charge in [0, 0.05) is 0 Å². The van der Waals surface area contributed by atoms with Gasteiger partial charge in [0.15, 0.2) is 0 Å². The lowest BCUT2D eigenvalue weighted by Gasteiger charge is -1.68. The first-order chi connectivity index (χ1) is 2.00. The fourth-order valence-corrected chi connectivity index (χ4v) is 0. The summed E-state index contributed by atoms with van der Waals surface area (Å²) in [5, 5.41) is 0. The second kappa shape index (κ2) is 4.04. The smallest absolute Gasteiger partial charge is 0.264 e. The number of rotatable bonds is 0. The van der Waals surface area contributed by atoms with Gasteiger partial charge in [-0.05, 0) is 0 Å². The van der Waals surface area contributed by atoms with Crippen LogP contribution in [0.25, 0.3) is 0 Å². The Balaban J connectivity index is -0.0000000800. The van der Waals surface area contributed by atoms with Gasteiger partial charge in [-0.1, -0.05) is 14.9 Å². The molecule has 0 aromatic rings. The molecule has 0 aliphatic heterocycles. The molecule has 48 valence electrons. The quantitative estimate of drug-likeness (QED) is 0.471. The molecular formula is C2H10O4S. The minimum atomic E-state index is -4.67. The third-order valence-corrected chi connectivity index (χ3v) is 0. The van der Waals surface area contributed by atoms with Crippen LogP contribution in [0.3, 0.4) is 0 Å². The van der Waals surface area contributed by atoms with E-state index in [1.165, 1.54) is 0 Å². The molecule has 0 saturated heterocycles. The summed E-state index contributed by atoms with van der Waals surface area (Å²) in [6.07, 6.45) is 0. The summed E-state index contributed by atoms with van der Waals surface area (Å²) in [4.78, 5) is 0. The van der Waals surface area contributed by atoms with Gasteiger partial charge in [-0.15, -0.1) is 0 Å². The summed E-state index contributed by atoms with van der Waals surface area (Å²) in [7, 11) is -4.67. The normalized spacial score (nSPS) is 8.29. The first-order valence-corrected chi connectivity index (χ1v) is 2.10. The second-order valence-corrected chi connectivity index (χ2v) is 1.34. The molecule has 4 nitrogen and oxygen atoms in total. The molecule has 0 atom stereocenters. The van der Waals surface area contributed by atoms with Gasteiger partial charge in [0.05, 0.1) is 0 Å². The molecule has 0 spiro atoms. The van der Waals surface area contributed by atoms with E-state index in [1.54, 1.807) is 0 Å². The summed E-state index contributed by atoms with van der Waals surface area (Å²) in [6.45, 7) is 0. The Bertz CT molecular complexity index is 92.9. The molecule has 0 aliphatic rings. The van der Waals surface area contributed by atoms with Crippen LogP contribution in [0.4, 0.5) is 0 Å². The largest absolute Gasteiger partial charge is 0.394 e. The van der Waals surface area contributed by atoms with Crippen molar-refractivity contribution in [1.82, 2.24) is 0 Å². The van der Waals surface area contributed by atoms with E-state index in [0.29, 0.717) is 0 Å². The molecule has 7 heavy (non-hydrogen) atoms. The van der Waals surface area contributed by atoms with E-state index < -0.39 is 10.4 Å². The van der Waals surface area contributed by atoms with Crippen LogP contribution in [-0.4, -0.2) is 17.5 Å². The van der Waals surface area contributed by atoms with E-state index in [4.69, 9.17) is 17.5 Å². The Hall–Kier alpha value is -0.130. The molecule has 0 aromatic heterocycles. The Kier molecular flexibility index (Phi) is 9.12. The highest BCUT2D eigenvalue weighted by molar-refractivity contribution is 7.79. The predicted molar refractivity (Wildman–Crippen MR) is 27.6 cm³/mol. The molecule has 0 saturated carbocycles. The van der Waals surface area contributed by atoms with E-state index in [2.05, 4.69) is 0 Å². The highest BCUT2D eigenvalue weighted by Crippen LogP contribution is 1.59. The Labute approximate surface area is 43.7 Å². The first-order valence-electron chi connectivity index (χ1n) is 0.698. The fraction of sp³-hybridized carbons (Fsp3) is 1.00. The zero-order chi connectivity index (χ0) is 4.50. The number of hydrogen-bond donors (Lipinski definition) is 2. The maximum atomic E-state index is 8.74. The zero-order valence-corrected chi connectivity index (χ0v) is 2.94. The molecule has 5 heteroatoms. The molecule has 2 N–H and O–H groups in total. The van der Waals surface area contributed by atoms with E-state index in [1.807, 2.05) is 0 Å². The molecule has 0 heterocycles. The third kappa shape index (κ3) is 5200. The highest BCUT2D eigenvalue weighted by atomic mass is 32.3. The maximum Gasteiger partial charge on any atom is 0.394 e. The average molecular weight is 130 g/mol. The van der Waals surface area contributed by atoms with E-state index in [9.17, 15) is 0 Å². The van der Waals surface area contributed by atoms with E-state index >= 15 is 0 Å². The van der Waals surface area contributed by atoms with Crippen molar-refractivity contribution in [2.75, 3.05) is 0 Å². The molecule has 0 radical (unpaired) electrons. The molecule has 0 rings (SSSR count). The second-order valence-electron chi connectivity index (χ2n) is 0.448. The fourth-order valence-electron chi connectivity index (χ4n) is 0. The Morgan fingerprint density at radius 1 is 1.00 bits per heavy atom. The van der Waals surface area contributed by atoms with E-state index in [0.717, 1.165) is 0 Å². The van der Waals surface area contributed by atoms with Crippen molar-refractivity contribution >= 4 is 10.4 Å². The first kappa shape index (κ1) is 15.8. The molecule has 0 aromatic carbocycles. The summed E-state index contributed by atoms with van der Waals surface area (Å²) >= 11 is 0. The maximum absolute atomic E-state index is 8.74. The van der Waals surface area contributed by atoms with Crippen LogP contribution < -0.4 is 0 Å². The lowest BCUT2D eigenvalue weighted by molar-refractivity contribution is 0.381. The molecule has 0 bridgehead atoms. The molecular weight excluding hydrogens is 120 g/mol. The monoisotopic (exact) mass is 130 g/mol. The van der Waals surface area contributed by atoms with Crippen molar-refractivity contribution in [3.05, 3.63) is 0 Å². The van der Waals surface area contributed by atoms with Crippen molar-refractivity contribution in [2.24, 2.45) is 0 Å². The highest BCUT2D eigenvalue weighted by Gasteiger charge is 1.84. The standard InChI is InChI=1S/2CH4.H2O4S/c;;1-5(2,3)4/h2*1H4;(H2,1,2,3,4). The Morgan fingerprint density at radius 2 is 1.00 bits per heavy atom. The van der Waals surface area contributed by atoms with Crippen molar-refractivity contribution in [3.8, 4) is 0 Å². The molecule has 0 unspecified atom stereocenters.